The van der Waals surface area contributed by atoms with E-state index in [1.54, 1.807) is 22.9 Å². The summed E-state index contributed by atoms with van der Waals surface area (Å²) in [6.07, 6.45) is 7.10. The van der Waals surface area contributed by atoms with Crippen LogP contribution in [0.2, 0.25) is 0 Å². The molecule has 4 rings (SSSR count). The van der Waals surface area contributed by atoms with Crippen LogP contribution in [0.3, 0.4) is 0 Å². The summed E-state index contributed by atoms with van der Waals surface area (Å²) < 4.78 is 2.85. The van der Waals surface area contributed by atoms with Crippen LogP contribution in [0.1, 0.15) is 72.4 Å². The average Bonchev–Trinajstić information content (AvgIpc) is 3.13. The Bertz CT molecular complexity index is 1230. The third-order valence-corrected chi connectivity index (χ3v) is 6.65. The molecule has 0 unspecified atom stereocenters. The second-order valence-electron chi connectivity index (χ2n) is 9.64. The molecule has 1 aliphatic rings. The quantitative estimate of drug-likeness (QED) is 0.506. The van der Waals surface area contributed by atoms with Crippen molar-refractivity contribution in [1.29, 1.82) is 0 Å². The van der Waals surface area contributed by atoms with Crippen LogP contribution in [0.15, 0.2) is 59.5 Å². The zero-order chi connectivity index (χ0) is 24.2. The van der Waals surface area contributed by atoms with Crippen LogP contribution in [0, 0.1) is 11.8 Å². The Labute approximate surface area is 199 Å². The van der Waals surface area contributed by atoms with Gasteiger partial charge < -0.3 is 5.11 Å². The normalized spacial score (nSPS) is 14.4. The Morgan fingerprint density at radius 3 is 2.35 bits per heavy atom. The fourth-order valence-electron chi connectivity index (χ4n) is 4.99. The number of carboxylic acids is 1. The Kier molecular flexibility index (Phi) is 7.15. The summed E-state index contributed by atoms with van der Waals surface area (Å²) in [7, 11) is 0. The molecule has 0 radical (unpaired) electrons. The summed E-state index contributed by atoms with van der Waals surface area (Å²) in [6.45, 7) is 4.23. The van der Waals surface area contributed by atoms with Gasteiger partial charge in [-0.25, -0.2) is 14.2 Å². The van der Waals surface area contributed by atoms with E-state index in [0.717, 1.165) is 43.4 Å². The third kappa shape index (κ3) is 4.91. The smallest absolute Gasteiger partial charge is 0.336 e. The van der Waals surface area contributed by atoms with Crippen LogP contribution in [-0.2, 0) is 13.0 Å². The highest BCUT2D eigenvalue weighted by Crippen LogP contribution is 2.28. The van der Waals surface area contributed by atoms with Gasteiger partial charge >= 0.3 is 11.7 Å². The summed E-state index contributed by atoms with van der Waals surface area (Å²) in [6, 6.07) is 14.7. The molecule has 6 nitrogen and oxygen atoms in total. The van der Waals surface area contributed by atoms with Crippen LogP contribution in [0.25, 0.3) is 11.1 Å². The summed E-state index contributed by atoms with van der Waals surface area (Å²) >= 11 is 0. The van der Waals surface area contributed by atoms with Gasteiger partial charge in [0.1, 0.15) is 0 Å². The number of carboxylic acid groups (broad SMARTS) is 1. The lowest BCUT2D eigenvalue weighted by atomic mass is 9.88. The molecule has 1 aromatic heterocycles. The average molecular weight is 461 g/mol. The molecular weight excluding hydrogens is 428 g/mol. The number of carbonyl (C=O) groups excluding carboxylic acids is 1. The summed E-state index contributed by atoms with van der Waals surface area (Å²) in [5, 5.41) is 10.1. The molecule has 178 valence electrons. The number of hydrogen-bond donors (Lipinski definition) is 1. The summed E-state index contributed by atoms with van der Waals surface area (Å²) in [5.41, 5.74) is 2.52. The van der Waals surface area contributed by atoms with Gasteiger partial charge in [-0.15, -0.1) is 0 Å². The van der Waals surface area contributed by atoms with Gasteiger partial charge in [0, 0.05) is 17.8 Å². The molecule has 6 heteroatoms. The van der Waals surface area contributed by atoms with Gasteiger partial charge in [0.2, 0.25) is 5.91 Å². The van der Waals surface area contributed by atoms with E-state index >= 15 is 0 Å². The predicted molar refractivity (Wildman–Crippen MR) is 132 cm³/mol. The molecule has 1 fully saturated rings. The first-order valence-electron chi connectivity index (χ1n) is 12.1. The number of imidazole rings is 1. The standard InChI is InChI=1S/C28H32N2O4/c1-19(2)16-23-18-30(26(31)21-12-7-4-8-13-21)28(34)29(23)17-22-14-9-15-24(25(22)27(32)33)20-10-5-3-6-11-20/h3,5-6,9-11,14-15,18-19,21H,4,7-8,12-13,16-17H2,1-2H3,(H,32,33). The number of benzene rings is 2. The van der Waals surface area contributed by atoms with Gasteiger partial charge in [0.15, 0.2) is 0 Å². The van der Waals surface area contributed by atoms with Crippen LogP contribution < -0.4 is 5.69 Å². The fraction of sp³-hybridized carbons (Fsp3) is 0.393. The second kappa shape index (κ2) is 10.2. The first-order valence-corrected chi connectivity index (χ1v) is 12.1. The van der Waals surface area contributed by atoms with Crippen molar-refractivity contribution >= 4 is 11.9 Å². The molecule has 0 atom stereocenters. The largest absolute Gasteiger partial charge is 0.478 e. The van der Waals surface area contributed by atoms with E-state index in [0.29, 0.717) is 17.5 Å². The van der Waals surface area contributed by atoms with E-state index in [1.807, 2.05) is 36.4 Å². The van der Waals surface area contributed by atoms with Gasteiger partial charge in [-0.1, -0.05) is 81.6 Å². The molecule has 2 aromatic carbocycles. The van der Waals surface area contributed by atoms with Gasteiger partial charge in [-0.05, 0) is 41.9 Å². The lowest BCUT2D eigenvalue weighted by Crippen LogP contribution is -2.34. The second-order valence-corrected chi connectivity index (χ2v) is 9.64. The minimum Gasteiger partial charge on any atom is -0.478 e. The van der Waals surface area contributed by atoms with Crippen LogP contribution in [0.5, 0.6) is 0 Å². The van der Waals surface area contributed by atoms with E-state index in [1.165, 1.54) is 4.57 Å². The van der Waals surface area contributed by atoms with Gasteiger partial charge in [-0.3, -0.25) is 9.36 Å². The van der Waals surface area contributed by atoms with Crippen molar-refractivity contribution in [1.82, 2.24) is 9.13 Å². The van der Waals surface area contributed by atoms with Crippen molar-refractivity contribution in [3.8, 4) is 11.1 Å². The molecule has 3 aromatic rings. The first kappa shape index (κ1) is 23.7. The highest BCUT2D eigenvalue weighted by atomic mass is 16.4. The Morgan fingerprint density at radius 1 is 1.00 bits per heavy atom. The number of carbonyl (C=O) groups is 2. The molecule has 1 heterocycles. The minimum atomic E-state index is -1.04. The predicted octanol–water partition coefficient (Wildman–Crippen LogP) is 5.48. The third-order valence-electron chi connectivity index (χ3n) is 6.65. The van der Waals surface area contributed by atoms with Gasteiger partial charge in [0.05, 0.1) is 12.1 Å². The molecule has 1 N–H and O–H groups in total. The Balaban J connectivity index is 1.78. The first-order chi connectivity index (χ1) is 16.4. The SMILES string of the molecule is CC(C)Cc1cn(C(=O)C2CCCCC2)c(=O)n1Cc1cccc(-c2ccccc2)c1C(=O)O. The maximum Gasteiger partial charge on any atom is 0.336 e. The fourth-order valence-corrected chi connectivity index (χ4v) is 4.99. The number of aromatic nitrogens is 2. The minimum absolute atomic E-state index is 0.105. The van der Waals surface area contributed by atoms with E-state index < -0.39 is 5.97 Å². The lowest BCUT2D eigenvalue weighted by molar-refractivity contribution is 0.0695. The van der Waals surface area contributed by atoms with Gasteiger partial charge in [-0.2, -0.15) is 0 Å². The zero-order valence-electron chi connectivity index (χ0n) is 19.9. The number of aromatic carboxylic acids is 1. The van der Waals surface area contributed by atoms with Crippen molar-refractivity contribution in [2.24, 2.45) is 11.8 Å². The highest BCUT2D eigenvalue weighted by molar-refractivity contribution is 5.97. The van der Waals surface area contributed by atoms with Crippen LogP contribution in [0.4, 0.5) is 0 Å². The number of nitrogens with zero attached hydrogens (tertiary/aromatic N) is 2. The van der Waals surface area contributed by atoms with Crippen molar-refractivity contribution < 1.29 is 14.7 Å². The highest BCUT2D eigenvalue weighted by Gasteiger charge is 2.27. The molecule has 1 saturated carbocycles. The Hall–Kier alpha value is -3.41. The molecule has 1 aliphatic carbocycles. The van der Waals surface area contributed by atoms with Gasteiger partial charge in [0.25, 0.3) is 0 Å². The Morgan fingerprint density at radius 2 is 1.71 bits per heavy atom. The molecule has 34 heavy (non-hydrogen) atoms. The molecular formula is C28H32N2O4. The van der Waals surface area contributed by atoms with Crippen molar-refractivity contribution in [2.75, 3.05) is 0 Å². The van der Waals surface area contributed by atoms with Crippen molar-refractivity contribution in [2.45, 2.75) is 58.9 Å². The maximum atomic E-state index is 13.5. The number of rotatable bonds is 7. The van der Waals surface area contributed by atoms with E-state index in [-0.39, 0.29) is 35.5 Å². The molecule has 0 amide bonds. The topological polar surface area (TPSA) is 81.3 Å². The number of hydrogen-bond acceptors (Lipinski definition) is 3. The van der Waals surface area contributed by atoms with E-state index in [9.17, 15) is 19.5 Å². The van der Waals surface area contributed by atoms with Crippen LogP contribution in [-0.4, -0.2) is 26.1 Å². The van der Waals surface area contributed by atoms with E-state index in [4.69, 9.17) is 0 Å². The maximum absolute atomic E-state index is 13.5. The molecule has 0 spiro atoms. The van der Waals surface area contributed by atoms with Crippen molar-refractivity contribution in [3.63, 3.8) is 0 Å². The van der Waals surface area contributed by atoms with Crippen molar-refractivity contribution in [3.05, 3.63) is 82.0 Å². The summed E-state index contributed by atoms with van der Waals surface area (Å²) in [5.74, 6) is -1.01. The zero-order valence-corrected chi connectivity index (χ0v) is 19.9. The van der Waals surface area contributed by atoms with Crippen LogP contribution >= 0.6 is 0 Å². The monoisotopic (exact) mass is 460 g/mol. The van der Waals surface area contributed by atoms with E-state index in [2.05, 4.69) is 13.8 Å². The molecule has 0 saturated heterocycles. The lowest BCUT2D eigenvalue weighted by Gasteiger charge is -2.19. The molecule has 0 aliphatic heterocycles. The molecule has 0 bridgehead atoms. The summed E-state index contributed by atoms with van der Waals surface area (Å²) in [4.78, 5) is 39.0.